The van der Waals surface area contributed by atoms with Crippen LogP contribution in [0.4, 0.5) is 16.3 Å². The molecule has 3 N–H and O–H groups in total. The fraction of sp³-hybridized carbons (Fsp3) is 0.462. The Bertz CT molecular complexity index is 541. The number of ether oxygens (including phenoxy) is 1. The lowest BCUT2D eigenvalue weighted by atomic mass is 10.2. The van der Waals surface area contributed by atoms with E-state index in [1.807, 2.05) is 4.90 Å². The second-order valence-electron chi connectivity index (χ2n) is 4.61. The molecule has 0 bridgehead atoms. The van der Waals surface area contributed by atoms with Gasteiger partial charge < -0.3 is 25.4 Å². The zero-order valence-electron chi connectivity index (χ0n) is 11.8. The minimum Gasteiger partial charge on any atom is -0.478 e. The normalized spacial score (nSPS) is 14.9. The van der Waals surface area contributed by atoms with Crippen molar-refractivity contribution < 1.29 is 19.4 Å². The number of pyridine rings is 1. The smallest absolute Gasteiger partial charge is 0.409 e. The Balaban J connectivity index is 2.02. The van der Waals surface area contributed by atoms with E-state index in [1.54, 1.807) is 11.8 Å². The second kappa shape index (κ2) is 6.29. The molecule has 1 saturated heterocycles. The first-order chi connectivity index (χ1) is 10.0. The third kappa shape index (κ3) is 3.33. The zero-order valence-corrected chi connectivity index (χ0v) is 11.8. The largest absolute Gasteiger partial charge is 0.478 e. The van der Waals surface area contributed by atoms with Gasteiger partial charge in [-0.25, -0.2) is 14.6 Å². The Hall–Kier alpha value is -2.51. The third-order valence-corrected chi connectivity index (χ3v) is 3.25. The van der Waals surface area contributed by atoms with E-state index >= 15 is 0 Å². The van der Waals surface area contributed by atoms with E-state index < -0.39 is 5.97 Å². The van der Waals surface area contributed by atoms with Gasteiger partial charge in [0.1, 0.15) is 0 Å². The second-order valence-corrected chi connectivity index (χ2v) is 4.61. The molecule has 2 heterocycles. The number of nitrogens with zero attached hydrogens (tertiary/aromatic N) is 3. The monoisotopic (exact) mass is 294 g/mol. The summed E-state index contributed by atoms with van der Waals surface area (Å²) in [7, 11) is 0. The van der Waals surface area contributed by atoms with Crippen LogP contribution in [0.15, 0.2) is 12.3 Å². The number of carbonyl (C=O) groups excluding carboxylic acids is 1. The van der Waals surface area contributed by atoms with E-state index in [4.69, 9.17) is 15.6 Å². The van der Waals surface area contributed by atoms with Crippen LogP contribution >= 0.6 is 0 Å². The molecule has 0 atom stereocenters. The topological polar surface area (TPSA) is 109 Å². The number of nitrogen functional groups attached to an aromatic ring is 1. The molecule has 1 fully saturated rings. The average Bonchev–Trinajstić information content (AvgIpc) is 2.47. The molecule has 0 saturated carbocycles. The van der Waals surface area contributed by atoms with E-state index in [2.05, 4.69) is 4.98 Å². The molecule has 114 valence electrons. The Kier molecular flexibility index (Phi) is 4.46. The quantitative estimate of drug-likeness (QED) is 0.841. The Labute approximate surface area is 122 Å². The number of rotatable bonds is 3. The van der Waals surface area contributed by atoms with Gasteiger partial charge in [0, 0.05) is 32.4 Å². The number of carboxylic acids is 1. The zero-order chi connectivity index (χ0) is 15.4. The van der Waals surface area contributed by atoms with E-state index in [9.17, 15) is 9.59 Å². The highest BCUT2D eigenvalue weighted by Crippen LogP contribution is 2.22. The van der Waals surface area contributed by atoms with Crippen molar-refractivity contribution in [3.63, 3.8) is 0 Å². The summed E-state index contributed by atoms with van der Waals surface area (Å²) in [5.74, 6) is -0.517. The highest BCUT2D eigenvalue weighted by molar-refractivity contribution is 5.89. The van der Waals surface area contributed by atoms with Crippen molar-refractivity contribution in [2.45, 2.75) is 6.92 Å². The Morgan fingerprint density at radius 2 is 2.05 bits per heavy atom. The molecule has 0 aromatic carbocycles. The summed E-state index contributed by atoms with van der Waals surface area (Å²) in [6, 6.07) is 1.39. The summed E-state index contributed by atoms with van der Waals surface area (Å²) in [6.07, 6.45) is 0.963. The third-order valence-electron chi connectivity index (χ3n) is 3.25. The number of piperazine rings is 1. The van der Waals surface area contributed by atoms with Gasteiger partial charge in [0.25, 0.3) is 0 Å². The molecule has 1 aliphatic rings. The SMILES string of the molecule is CCOC(=O)N1CCN(c2ncc(C(=O)O)cc2N)CC1. The highest BCUT2D eigenvalue weighted by atomic mass is 16.6. The number of anilines is 2. The van der Waals surface area contributed by atoms with Gasteiger partial charge in [0.2, 0.25) is 0 Å². The van der Waals surface area contributed by atoms with E-state index in [0.717, 1.165) is 0 Å². The summed E-state index contributed by atoms with van der Waals surface area (Å²) in [6.45, 7) is 4.29. The predicted molar refractivity (Wildman–Crippen MR) is 76.4 cm³/mol. The van der Waals surface area contributed by atoms with Crippen molar-refractivity contribution in [3.8, 4) is 0 Å². The summed E-state index contributed by atoms with van der Waals surface area (Å²) < 4.78 is 4.95. The first-order valence-electron chi connectivity index (χ1n) is 6.68. The van der Waals surface area contributed by atoms with Crippen LogP contribution in [0, 0.1) is 0 Å². The lowest BCUT2D eigenvalue weighted by molar-refractivity contribution is 0.0696. The summed E-state index contributed by atoms with van der Waals surface area (Å²) in [5.41, 5.74) is 6.24. The summed E-state index contributed by atoms with van der Waals surface area (Å²) >= 11 is 0. The number of hydrogen-bond donors (Lipinski definition) is 2. The Morgan fingerprint density at radius 1 is 1.38 bits per heavy atom. The van der Waals surface area contributed by atoms with Gasteiger partial charge in [-0.2, -0.15) is 0 Å². The fourth-order valence-electron chi connectivity index (χ4n) is 2.17. The van der Waals surface area contributed by atoms with Crippen molar-refractivity contribution in [2.75, 3.05) is 43.4 Å². The van der Waals surface area contributed by atoms with Crippen molar-refractivity contribution >= 4 is 23.6 Å². The number of carbonyl (C=O) groups is 2. The number of carboxylic acid groups (broad SMARTS) is 1. The molecule has 8 nitrogen and oxygen atoms in total. The van der Waals surface area contributed by atoms with Crippen LogP contribution in [-0.4, -0.2) is 59.8 Å². The van der Waals surface area contributed by atoms with Gasteiger partial charge in [-0.3, -0.25) is 0 Å². The molecule has 21 heavy (non-hydrogen) atoms. The van der Waals surface area contributed by atoms with Crippen LogP contribution in [0.3, 0.4) is 0 Å². The van der Waals surface area contributed by atoms with Crippen LogP contribution in [0.1, 0.15) is 17.3 Å². The van der Waals surface area contributed by atoms with Crippen molar-refractivity contribution in [3.05, 3.63) is 17.8 Å². The molecular weight excluding hydrogens is 276 g/mol. The summed E-state index contributed by atoms with van der Waals surface area (Å²) in [5, 5.41) is 8.89. The van der Waals surface area contributed by atoms with Crippen LogP contribution in [0.5, 0.6) is 0 Å². The van der Waals surface area contributed by atoms with Gasteiger partial charge in [0.15, 0.2) is 5.82 Å². The predicted octanol–water partition coefficient (Wildman–Crippen LogP) is 0.640. The van der Waals surface area contributed by atoms with Crippen LogP contribution in [-0.2, 0) is 4.74 Å². The molecule has 0 radical (unpaired) electrons. The molecule has 1 amide bonds. The van der Waals surface area contributed by atoms with Crippen LogP contribution in [0.2, 0.25) is 0 Å². The maximum absolute atomic E-state index is 11.6. The molecule has 0 aliphatic carbocycles. The maximum atomic E-state index is 11.6. The number of nitrogens with two attached hydrogens (primary N) is 1. The molecule has 2 rings (SSSR count). The molecule has 8 heteroatoms. The number of aromatic nitrogens is 1. The molecular formula is C13H18N4O4. The van der Waals surface area contributed by atoms with E-state index in [1.165, 1.54) is 12.3 Å². The van der Waals surface area contributed by atoms with Gasteiger partial charge in [0.05, 0.1) is 17.9 Å². The molecule has 1 aromatic rings. The fourth-order valence-corrected chi connectivity index (χ4v) is 2.17. The van der Waals surface area contributed by atoms with E-state index in [-0.39, 0.29) is 11.7 Å². The first-order valence-corrected chi connectivity index (χ1v) is 6.68. The average molecular weight is 294 g/mol. The molecule has 0 spiro atoms. The minimum absolute atomic E-state index is 0.0569. The highest BCUT2D eigenvalue weighted by Gasteiger charge is 2.24. The van der Waals surface area contributed by atoms with Crippen molar-refractivity contribution in [1.29, 1.82) is 0 Å². The molecule has 1 aliphatic heterocycles. The Morgan fingerprint density at radius 3 is 2.57 bits per heavy atom. The minimum atomic E-state index is -1.06. The van der Waals surface area contributed by atoms with Crippen molar-refractivity contribution in [2.24, 2.45) is 0 Å². The number of amides is 1. The lowest BCUT2D eigenvalue weighted by Crippen LogP contribution is -2.49. The van der Waals surface area contributed by atoms with Crippen molar-refractivity contribution in [1.82, 2.24) is 9.88 Å². The van der Waals surface area contributed by atoms with Gasteiger partial charge in [-0.1, -0.05) is 0 Å². The van der Waals surface area contributed by atoms with Crippen LogP contribution < -0.4 is 10.6 Å². The van der Waals surface area contributed by atoms with Gasteiger partial charge in [-0.05, 0) is 13.0 Å². The first kappa shape index (κ1) is 14.9. The standard InChI is InChI=1S/C13H18N4O4/c1-2-21-13(20)17-5-3-16(4-6-17)11-10(14)7-9(8-15-11)12(18)19/h7-8H,2-6,14H2,1H3,(H,18,19). The summed E-state index contributed by atoms with van der Waals surface area (Å²) in [4.78, 5) is 30.1. The van der Waals surface area contributed by atoms with Crippen LogP contribution in [0.25, 0.3) is 0 Å². The number of aromatic carboxylic acids is 1. The van der Waals surface area contributed by atoms with E-state index in [0.29, 0.717) is 44.3 Å². The molecule has 1 aromatic heterocycles. The maximum Gasteiger partial charge on any atom is 0.409 e. The van der Waals surface area contributed by atoms with Gasteiger partial charge >= 0.3 is 12.1 Å². The lowest BCUT2D eigenvalue weighted by Gasteiger charge is -2.35. The van der Waals surface area contributed by atoms with Gasteiger partial charge in [-0.15, -0.1) is 0 Å². The number of hydrogen-bond acceptors (Lipinski definition) is 6. The molecule has 0 unspecified atom stereocenters.